The normalized spacial score (nSPS) is 10.8. The fraction of sp³-hybridized carbons (Fsp3) is 0.167. The molecule has 0 aliphatic rings. The molecule has 3 aromatic carbocycles. The van der Waals surface area contributed by atoms with Gasteiger partial charge in [0, 0.05) is 17.1 Å². The van der Waals surface area contributed by atoms with Gasteiger partial charge in [0.15, 0.2) is 11.5 Å². The van der Waals surface area contributed by atoms with Gasteiger partial charge in [0.1, 0.15) is 0 Å². The average molecular weight is 499 g/mol. The Hall–Kier alpha value is -2.77. The number of benzene rings is 3. The zero-order valence-corrected chi connectivity index (χ0v) is 19.7. The van der Waals surface area contributed by atoms with Crippen LogP contribution in [0.2, 0.25) is 0 Å². The first-order chi connectivity index (χ1) is 15.1. The molecule has 5 nitrogen and oxygen atoms in total. The minimum Gasteiger partial charge on any atom is -0.493 e. The quantitative estimate of drug-likeness (QED) is 0.305. The van der Waals surface area contributed by atoms with Crippen molar-refractivity contribution in [3.8, 4) is 11.5 Å². The molecule has 0 aliphatic carbocycles. The van der Waals surface area contributed by atoms with Gasteiger partial charge < -0.3 is 9.47 Å². The Morgan fingerprint density at radius 3 is 2.32 bits per heavy atom. The van der Waals surface area contributed by atoms with Gasteiger partial charge in [-0.25, -0.2) is 5.43 Å². The summed E-state index contributed by atoms with van der Waals surface area (Å²) < 4.78 is 11.3. The second-order valence-electron chi connectivity index (χ2n) is 6.61. The number of nitrogens with one attached hydrogen (secondary N) is 1. The Balaban J connectivity index is 1.53. The molecule has 160 valence electrons. The van der Waals surface area contributed by atoms with Gasteiger partial charge in [-0.15, -0.1) is 0 Å². The molecule has 0 radical (unpaired) electrons. The molecule has 7 heteroatoms. The number of carbonyl (C=O) groups excluding carboxylic acids is 1. The number of halogens is 1. The second-order valence-corrected chi connectivity index (χ2v) is 8.45. The number of thioether (sulfide) groups is 1. The zero-order valence-electron chi connectivity index (χ0n) is 17.3. The number of amides is 1. The van der Waals surface area contributed by atoms with Gasteiger partial charge in [-0.2, -0.15) is 16.9 Å². The van der Waals surface area contributed by atoms with Crippen molar-refractivity contribution < 1.29 is 14.3 Å². The van der Waals surface area contributed by atoms with Crippen molar-refractivity contribution in [1.29, 1.82) is 0 Å². The molecule has 1 amide bonds. The number of rotatable bonds is 9. The number of hydrogen-bond donors (Lipinski definition) is 1. The number of hydrogen-bond acceptors (Lipinski definition) is 5. The Morgan fingerprint density at radius 1 is 1.00 bits per heavy atom. The predicted molar refractivity (Wildman–Crippen MR) is 130 cm³/mol. The van der Waals surface area contributed by atoms with Crippen LogP contribution in [0.3, 0.4) is 0 Å². The topological polar surface area (TPSA) is 59.9 Å². The smallest absolute Gasteiger partial charge is 0.271 e. The van der Waals surface area contributed by atoms with Gasteiger partial charge in [-0.3, -0.25) is 4.79 Å². The molecular weight excluding hydrogens is 476 g/mol. The minimum absolute atomic E-state index is 0.265. The van der Waals surface area contributed by atoms with Crippen molar-refractivity contribution in [2.45, 2.75) is 11.5 Å². The van der Waals surface area contributed by atoms with Gasteiger partial charge in [0.05, 0.1) is 24.9 Å². The summed E-state index contributed by atoms with van der Waals surface area (Å²) in [5.74, 6) is 2.77. The first-order valence-corrected chi connectivity index (χ1v) is 11.5. The number of methoxy groups -OCH3 is 2. The maximum Gasteiger partial charge on any atom is 0.271 e. The minimum atomic E-state index is -0.265. The van der Waals surface area contributed by atoms with E-state index in [1.807, 2.05) is 48.2 Å². The molecule has 0 fully saturated rings. The van der Waals surface area contributed by atoms with Crippen molar-refractivity contribution in [3.63, 3.8) is 0 Å². The van der Waals surface area contributed by atoms with E-state index < -0.39 is 0 Å². The monoisotopic (exact) mass is 498 g/mol. The molecule has 0 spiro atoms. The zero-order chi connectivity index (χ0) is 22.1. The molecule has 3 aromatic rings. The van der Waals surface area contributed by atoms with Crippen LogP contribution < -0.4 is 14.9 Å². The van der Waals surface area contributed by atoms with Gasteiger partial charge in [0.25, 0.3) is 5.91 Å². The highest BCUT2D eigenvalue weighted by Gasteiger charge is 2.10. The third kappa shape index (κ3) is 6.60. The van der Waals surface area contributed by atoms with E-state index in [-0.39, 0.29) is 5.91 Å². The molecule has 1 N–H and O–H groups in total. The average Bonchev–Trinajstić information content (AvgIpc) is 2.79. The van der Waals surface area contributed by atoms with Gasteiger partial charge >= 0.3 is 0 Å². The highest BCUT2D eigenvalue weighted by Crippen LogP contribution is 2.35. The molecule has 31 heavy (non-hydrogen) atoms. The lowest BCUT2D eigenvalue weighted by atomic mass is 10.1. The van der Waals surface area contributed by atoms with Crippen LogP contribution in [0.4, 0.5) is 0 Å². The first-order valence-electron chi connectivity index (χ1n) is 9.56. The highest BCUT2D eigenvalue weighted by atomic mass is 79.9. The van der Waals surface area contributed by atoms with Gasteiger partial charge in [-0.1, -0.05) is 42.5 Å². The van der Waals surface area contributed by atoms with Crippen molar-refractivity contribution in [3.05, 3.63) is 93.5 Å². The molecule has 0 atom stereocenters. The fourth-order valence-electron chi connectivity index (χ4n) is 2.86. The van der Waals surface area contributed by atoms with Crippen molar-refractivity contribution >= 4 is 39.8 Å². The maximum atomic E-state index is 12.4. The van der Waals surface area contributed by atoms with Crippen LogP contribution in [0.15, 0.2) is 76.3 Å². The lowest BCUT2D eigenvalue weighted by Gasteiger charge is -2.10. The van der Waals surface area contributed by atoms with E-state index in [0.717, 1.165) is 21.5 Å². The van der Waals surface area contributed by atoms with Crippen LogP contribution in [0.25, 0.3) is 0 Å². The number of carbonyl (C=O) groups is 1. The molecule has 0 bridgehead atoms. The largest absolute Gasteiger partial charge is 0.493 e. The van der Waals surface area contributed by atoms with E-state index in [9.17, 15) is 4.79 Å². The van der Waals surface area contributed by atoms with E-state index in [2.05, 4.69) is 50.7 Å². The second kappa shape index (κ2) is 11.6. The Kier molecular flexibility index (Phi) is 8.55. The molecule has 0 saturated heterocycles. The molecule has 0 unspecified atom stereocenters. The number of nitrogens with zero attached hydrogens (tertiary/aromatic N) is 1. The predicted octanol–water partition coefficient (Wildman–Crippen LogP) is 5.66. The highest BCUT2D eigenvalue weighted by molar-refractivity contribution is 9.10. The summed E-state index contributed by atoms with van der Waals surface area (Å²) in [6.45, 7) is 0. The SMILES string of the molecule is COc1cc(/C=N\NC(=O)c2ccc(CSCc3ccccc3)cc2)cc(Br)c1OC. The maximum absolute atomic E-state index is 12.4. The summed E-state index contributed by atoms with van der Waals surface area (Å²) in [6, 6.07) is 21.6. The molecule has 0 aromatic heterocycles. The van der Waals surface area contributed by atoms with Crippen LogP contribution in [0, 0.1) is 0 Å². The van der Waals surface area contributed by atoms with Crippen LogP contribution >= 0.6 is 27.7 Å². The van der Waals surface area contributed by atoms with Crippen LogP contribution in [-0.4, -0.2) is 26.3 Å². The van der Waals surface area contributed by atoms with Crippen LogP contribution in [0.5, 0.6) is 11.5 Å². The van der Waals surface area contributed by atoms with E-state index >= 15 is 0 Å². The van der Waals surface area contributed by atoms with Crippen LogP contribution in [0.1, 0.15) is 27.0 Å². The molecule has 0 aliphatic heterocycles. The van der Waals surface area contributed by atoms with Crippen molar-refractivity contribution in [1.82, 2.24) is 5.43 Å². The summed E-state index contributed by atoms with van der Waals surface area (Å²) in [5, 5.41) is 4.05. The third-order valence-electron chi connectivity index (χ3n) is 4.43. The van der Waals surface area contributed by atoms with E-state index in [4.69, 9.17) is 9.47 Å². The standard InChI is InChI=1S/C24H23BrN2O3S/c1-29-22-13-19(12-21(25)23(22)30-2)14-26-27-24(28)20-10-8-18(9-11-20)16-31-15-17-6-4-3-5-7-17/h3-14H,15-16H2,1-2H3,(H,27,28)/b26-14-. The summed E-state index contributed by atoms with van der Waals surface area (Å²) in [7, 11) is 3.14. The van der Waals surface area contributed by atoms with Crippen molar-refractivity contribution in [2.24, 2.45) is 5.10 Å². The Labute approximate surface area is 195 Å². The molecule has 0 saturated carbocycles. The van der Waals surface area contributed by atoms with Crippen molar-refractivity contribution in [2.75, 3.05) is 14.2 Å². The summed E-state index contributed by atoms with van der Waals surface area (Å²) in [4.78, 5) is 12.4. The number of hydrazone groups is 1. The van der Waals surface area contributed by atoms with Gasteiger partial charge in [-0.05, 0) is 56.9 Å². The van der Waals surface area contributed by atoms with E-state index in [0.29, 0.717) is 17.1 Å². The molecular formula is C24H23BrN2O3S. The van der Waals surface area contributed by atoms with E-state index in [1.165, 1.54) is 11.1 Å². The number of ether oxygens (including phenoxy) is 2. The summed E-state index contributed by atoms with van der Waals surface area (Å²) in [5.41, 5.74) is 6.36. The lowest BCUT2D eigenvalue weighted by molar-refractivity contribution is 0.0955. The molecule has 3 rings (SSSR count). The summed E-state index contributed by atoms with van der Waals surface area (Å²) >= 11 is 5.28. The summed E-state index contributed by atoms with van der Waals surface area (Å²) in [6.07, 6.45) is 1.55. The fourth-order valence-corrected chi connectivity index (χ4v) is 4.44. The van der Waals surface area contributed by atoms with Gasteiger partial charge in [0.2, 0.25) is 0 Å². The van der Waals surface area contributed by atoms with Crippen LogP contribution in [-0.2, 0) is 11.5 Å². The first kappa shape index (κ1) is 22.9. The Bertz CT molecular complexity index is 1040. The Morgan fingerprint density at radius 2 is 1.68 bits per heavy atom. The molecule has 0 heterocycles. The third-order valence-corrected chi connectivity index (χ3v) is 6.10. The lowest BCUT2D eigenvalue weighted by Crippen LogP contribution is -2.17. The van der Waals surface area contributed by atoms with E-state index in [1.54, 1.807) is 26.5 Å².